The summed E-state index contributed by atoms with van der Waals surface area (Å²) in [5.74, 6) is -2.96. The van der Waals surface area contributed by atoms with Crippen LogP contribution in [0.1, 0.15) is 41.4 Å². The van der Waals surface area contributed by atoms with Gasteiger partial charge in [-0.05, 0) is 48.5 Å². The average molecular weight is 611 g/mol. The molecule has 1 aliphatic heterocycles. The van der Waals surface area contributed by atoms with Gasteiger partial charge in [-0.3, -0.25) is 0 Å². The second kappa shape index (κ2) is 14.9. The van der Waals surface area contributed by atoms with E-state index < -0.39 is 61.2 Å². The summed E-state index contributed by atoms with van der Waals surface area (Å²) in [5, 5.41) is 0. The van der Waals surface area contributed by atoms with Gasteiger partial charge in [-0.15, -0.1) is 0 Å². The van der Waals surface area contributed by atoms with Gasteiger partial charge in [-0.1, -0.05) is 72.8 Å². The van der Waals surface area contributed by atoms with Crippen molar-refractivity contribution in [3.05, 3.63) is 144 Å². The molecular formula is C35H30O10. The van der Waals surface area contributed by atoms with Crippen LogP contribution in [-0.2, 0) is 28.4 Å². The predicted molar refractivity (Wildman–Crippen MR) is 159 cm³/mol. The SMILES string of the molecule is CO[C@@H]1OC(COC(=O)c2ccccc2)[C@@H](OC(=O)c2ccccc2)[C@H](OC(=O)c2ccccc2)C1OC(=O)c1ccccc1. The molecule has 0 bridgehead atoms. The van der Waals surface area contributed by atoms with Crippen molar-refractivity contribution >= 4 is 23.9 Å². The van der Waals surface area contributed by atoms with Crippen LogP contribution in [0, 0.1) is 0 Å². The lowest BCUT2D eigenvalue weighted by molar-refractivity contribution is -0.291. The maximum atomic E-state index is 13.4. The summed E-state index contributed by atoms with van der Waals surface area (Å²) in [4.78, 5) is 52.8. The molecule has 10 nitrogen and oxygen atoms in total. The molecule has 5 rings (SSSR count). The molecule has 45 heavy (non-hydrogen) atoms. The van der Waals surface area contributed by atoms with Crippen molar-refractivity contribution < 1.29 is 47.6 Å². The van der Waals surface area contributed by atoms with E-state index in [4.69, 9.17) is 28.4 Å². The molecule has 4 aromatic rings. The molecule has 0 aromatic heterocycles. The van der Waals surface area contributed by atoms with Gasteiger partial charge in [0.2, 0.25) is 0 Å². The zero-order valence-corrected chi connectivity index (χ0v) is 24.2. The number of methoxy groups -OCH3 is 1. The molecule has 0 radical (unpaired) electrons. The van der Waals surface area contributed by atoms with E-state index in [0.717, 1.165) is 0 Å². The van der Waals surface area contributed by atoms with E-state index in [1.165, 1.54) is 7.11 Å². The highest BCUT2D eigenvalue weighted by atomic mass is 16.7. The molecule has 0 saturated carbocycles. The van der Waals surface area contributed by atoms with Crippen LogP contribution in [0.5, 0.6) is 0 Å². The second-order valence-electron chi connectivity index (χ2n) is 9.95. The fourth-order valence-electron chi connectivity index (χ4n) is 4.72. The molecule has 230 valence electrons. The summed E-state index contributed by atoms with van der Waals surface area (Å²) < 4.78 is 34.9. The average Bonchev–Trinajstić information content (AvgIpc) is 3.10. The summed E-state index contributed by atoms with van der Waals surface area (Å²) in [6.45, 7) is -0.418. The van der Waals surface area contributed by atoms with Gasteiger partial charge >= 0.3 is 23.9 Å². The Morgan fingerprint density at radius 2 is 0.867 bits per heavy atom. The Hall–Kier alpha value is -5.32. The lowest BCUT2D eigenvalue weighted by Crippen LogP contribution is -2.63. The maximum Gasteiger partial charge on any atom is 0.338 e. The molecule has 0 aliphatic carbocycles. The standard InChI is InChI=1S/C35H30O10/c1-40-35-30(45-34(39)26-20-12-5-13-21-26)29(44-33(38)25-18-10-4-11-19-25)28(43-32(37)24-16-8-3-9-17-24)27(42-35)22-41-31(36)23-14-6-2-7-15-23/h2-21,27-30,35H,22H2,1H3/t27?,28-,29+,30?,35-/m1/s1. The van der Waals surface area contributed by atoms with E-state index in [9.17, 15) is 19.2 Å². The zero-order chi connectivity index (χ0) is 31.6. The Labute approximate surface area is 259 Å². The van der Waals surface area contributed by atoms with Crippen LogP contribution in [-0.4, -0.2) is 68.3 Å². The molecule has 2 unspecified atom stereocenters. The highest BCUT2D eigenvalue weighted by molar-refractivity contribution is 5.91. The highest BCUT2D eigenvalue weighted by Gasteiger charge is 2.53. The van der Waals surface area contributed by atoms with Crippen molar-refractivity contribution in [3.8, 4) is 0 Å². The van der Waals surface area contributed by atoms with Crippen molar-refractivity contribution in [2.24, 2.45) is 0 Å². The van der Waals surface area contributed by atoms with E-state index >= 15 is 0 Å². The van der Waals surface area contributed by atoms with Crippen molar-refractivity contribution in [3.63, 3.8) is 0 Å². The molecular weight excluding hydrogens is 580 g/mol. The third-order valence-electron chi connectivity index (χ3n) is 6.97. The fraction of sp³-hybridized carbons (Fsp3) is 0.200. The van der Waals surface area contributed by atoms with Crippen LogP contribution in [0.4, 0.5) is 0 Å². The molecule has 0 N–H and O–H groups in total. The van der Waals surface area contributed by atoms with E-state index in [0.29, 0.717) is 0 Å². The number of rotatable bonds is 10. The van der Waals surface area contributed by atoms with E-state index in [-0.39, 0.29) is 22.3 Å². The number of carbonyl (C=O) groups excluding carboxylic acids is 4. The second-order valence-corrected chi connectivity index (χ2v) is 9.95. The normalized spacial score (nSPS) is 20.8. The van der Waals surface area contributed by atoms with Crippen LogP contribution in [0.3, 0.4) is 0 Å². The summed E-state index contributed by atoms with van der Waals surface area (Å²) in [7, 11) is 1.31. The zero-order valence-electron chi connectivity index (χ0n) is 24.2. The van der Waals surface area contributed by atoms with Gasteiger partial charge in [0.1, 0.15) is 12.7 Å². The van der Waals surface area contributed by atoms with Crippen LogP contribution in [0.25, 0.3) is 0 Å². The Kier molecular flexibility index (Phi) is 10.3. The first-order valence-electron chi connectivity index (χ1n) is 14.1. The molecule has 10 heteroatoms. The molecule has 0 spiro atoms. The van der Waals surface area contributed by atoms with Gasteiger partial charge in [0.15, 0.2) is 24.6 Å². The van der Waals surface area contributed by atoms with Crippen LogP contribution < -0.4 is 0 Å². The summed E-state index contributed by atoms with van der Waals surface area (Å²) in [5.41, 5.74) is 0.914. The molecule has 1 saturated heterocycles. The first-order chi connectivity index (χ1) is 21.9. The van der Waals surface area contributed by atoms with Gasteiger partial charge in [0, 0.05) is 7.11 Å². The number of hydrogen-bond acceptors (Lipinski definition) is 10. The largest absolute Gasteiger partial charge is 0.459 e. The van der Waals surface area contributed by atoms with Crippen molar-refractivity contribution in [2.45, 2.75) is 30.7 Å². The van der Waals surface area contributed by atoms with Gasteiger partial charge in [0.25, 0.3) is 0 Å². The van der Waals surface area contributed by atoms with E-state index in [1.54, 1.807) is 121 Å². The minimum Gasteiger partial charge on any atom is -0.459 e. The molecule has 1 aliphatic rings. The molecule has 4 aromatic carbocycles. The summed E-state index contributed by atoms with van der Waals surface area (Å²) in [6.07, 6.45) is -6.76. The lowest BCUT2D eigenvalue weighted by Gasteiger charge is -2.44. The lowest BCUT2D eigenvalue weighted by atomic mass is 9.97. The van der Waals surface area contributed by atoms with E-state index in [1.807, 2.05) is 0 Å². The first kappa shape index (κ1) is 31.1. The minimum atomic E-state index is -1.45. The molecule has 0 amide bonds. The number of carbonyl (C=O) groups is 4. The fourth-order valence-corrected chi connectivity index (χ4v) is 4.72. The Balaban J connectivity index is 1.50. The van der Waals surface area contributed by atoms with Crippen LogP contribution >= 0.6 is 0 Å². The quantitative estimate of drug-likeness (QED) is 0.181. The monoisotopic (exact) mass is 610 g/mol. The van der Waals surface area contributed by atoms with Crippen LogP contribution in [0.15, 0.2) is 121 Å². The summed E-state index contributed by atoms with van der Waals surface area (Å²) >= 11 is 0. The van der Waals surface area contributed by atoms with Gasteiger partial charge in [-0.25, -0.2) is 19.2 Å². The smallest absolute Gasteiger partial charge is 0.338 e. The molecule has 1 fully saturated rings. The minimum absolute atomic E-state index is 0.200. The number of esters is 4. The number of benzene rings is 4. The topological polar surface area (TPSA) is 124 Å². The van der Waals surface area contributed by atoms with Crippen LogP contribution in [0.2, 0.25) is 0 Å². The Morgan fingerprint density at radius 3 is 1.27 bits per heavy atom. The first-order valence-corrected chi connectivity index (χ1v) is 14.1. The van der Waals surface area contributed by atoms with Gasteiger partial charge in [-0.2, -0.15) is 0 Å². The summed E-state index contributed by atoms with van der Waals surface area (Å²) in [6, 6.07) is 32.7. The highest BCUT2D eigenvalue weighted by Crippen LogP contribution is 2.31. The predicted octanol–water partition coefficient (Wildman–Crippen LogP) is 4.89. The van der Waals surface area contributed by atoms with Gasteiger partial charge < -0.3 is 28.4 Å². The molecule has 5 atom stereocenters. The van der Waals surface area contributed by atoms with Crippen molar-refractivity contribution in [2.75, 3.05) is 13.7 Å². The van der Waals surface area contributed by atoms with E-state index in [2.05, 4.69) is 0 Å². The van der Waals surface area contributed by atoms with Crippen molar-refractivity contribution in [1.82, 2.24) is 0 Å². The van der Waals surface area contributed by atoms with Crippen molar-refractivity contribution in [1.29, 1.82) is 0 Å². The Bertz CT molecular complexity index is 1580. The third kappa shape index (κ3) is 7.80. The number of hydrogen-bond donors (Lipinski definition) is 0. The number of ether oxygens (including phenoxy) is 6. The molecule has 1 heterocycles. The maximum absolute atomic E-state index is 13.4. The third-order valence-corrected chi connectivity index (χ3v) is 6.97. The Morgan fingerprint density at radius 1 is 0.511 bits per heavy atom. The van der Waals surface area contributed by atoms with Gasteiger partial charge in [0.05, 0.1) is 22.3 Å².